The molecule has 2 aliphatic carbocycles. The first kappa shape index (κ1) is 14.2. The third kappa shape index (κ3) is 3.01. The lowest BCUT2D eigenvalue weighted by Gasteiger charge is -2.39. The molecular weight excluding hydrogens is 246 g/mol. The summed E-state index contributed by atoms with van der Waals surface area (Å²) in [5, 5.41) is 3.30. The van der Waals surface area contributed by atoms with Crippen molar-refractivity contribution in [3.8, 4) is 0 Å². The summed E-state index contributed by atoms with van der Waals surface area (Å²) in [6.45, 7) is 4.49. The van der Waals surface area contributed by atoms with E-state index in [0.29, 0.717) is 11.8 Å². The van der Waals surface area contributed by atoms with E-state index >= 15 is 0 Å². The maximum Gasteiger partial charge on any atom is 0.223 e. The van der Waals surface area contributed by atoms with E-state index in [2.05, 4.69) is 19.2 Å². The van der Waals surface area contributed by atoms with Crippen molar-refractivity contribution in [1.29, 1.82) is 0 Å². The number of nitrogens with one attached hydrogen (secondary N) is 1. The Bertz CT molecular complexity index is 297. The van der Waals surface area contributed by atoms with Crippen LogP contribution in [-0.2, 0) is 4.79 Å². The summed E-state index contributed by atoms with van der Waals surface area (Å²) < 4.78 is 0. The minimum Gasteiger partial charge on any atom is -0.349 e. The van der Waals surface area contributed by atoms with Crippen LogP contribution in [-0.4, -0.2) is 17.3 Å². The fourth-order valence-electron chi connectivity index (χ4n) is 3.50. The van der Waals surface area contributed by atoms with Gasteiger partial charge in [-0.05, 0) is 50.4 Å². The third-order valence-electron chi connectivity index (χ3n) is 5.07. The van der Waals surface area contributed by atoms with Crippen LogP contribution in [0.1, 0.15) is 58.8 Å². The van der Waals surface area contributed by atoms with Crippen molar-refractivity contribution in [2.45, 2.75) is 64.3 Å². The molecule has 2 atom stereocenters. The van der Waals surface area contributed by atoms with E-state index in [0.717, 1.165) is 25.2 Å². The monoisotopic (exact) mass is 271 g/mol. The van der Waals surface area contributed by atoms with Gasteiger partial charge in [-0.15, -0.1) is 11.6 Å². The van der Waals surface area contributed by atoms with Gasteiger partial charge in [0.1, 0.15) is 0 Å². The Morgan fingerprint density at radius 3 is 2.39 bits per heavy atom. The second kappa shape index (κ2) is 5.81. The third-order valence-corrected chi connectivity index (χ3v) is 5.59. The number of hydrogen-bond donors (Lipinski definition) is 1. The number of halogens is 1. The zero-order valence-corrected chi connectivity index (χ0v) is 12.4. The number of amides is 1. The van der Waals surface area contributed by atoms with Crippen molar-refractivity contribution < 1.29 is 4.79 Å². The van der Waals surface area contributed by atoms with Crippen molar-refractivity contribution in [2.24, 2.45) is 17.8 Å². The molecule has 0 radical (unpaired) electrons. The van der Waals surface area contributed by atoms with E-state index in [1.165, 1.54) is 25.7 Å². The summed E-state index contributed by atoms with van der Waals surface area (Å²) in [5.74, 6) is 2.37. The molecule has 1 N–H and O–H groups in total. The van der Waals surface area contributed by atoms with E-state index in [4.69, 9.17) is 11.6 Å². The normalized spacial score (nSPS) is 40.7. The molecule has 0 spiro atoms. The highest BCUT2D eigenvalue weighted by Crippen LogP contribution is 2.35. The molecule has 0 aliphatic heterocycles. The maximum absolute atomic E-state index is 12.4. The van der Waals surface area contributed by atoms with Gasteiger partial charge in [-0.25, -0.2) is 0 Å². The molecule has 18 heavy (non-hydrogen) atoms. The van der Waals surface area contributed by atoms with Gasteiger partial charge in [0, 0.05) is 11.8 Å². The molecule has 1 amide bonds. The van der Waals surface area contributed by atoms with E-state index in [9.17, 15) is 4.79 Å². The Kier molecular flexibility index (Phi) is 4.58. The molecule has 2 aliphatic rings. The lowest BCUT2D eigenvalue weighted by atomic mass is 9.78. The zero-order valence-electron chi connectivity index (χ0n) is 11.7. The molecule has 0 heterocycles. The van der Waals surface area contributed by atoms with Gasteiger partial charge in [0.15, 0.2) is 0 Å². The van der Waals surface area contributed by atoms with Crippen LogP contribution in [0.25, 0.3) is 0 Å². The van der Waals surface area contributed by atoms with Gasteiger partial charge < -0.3 is 5.32 Å². The molecule has 2 rings (SSSR count). The van der Waals surface area contributed by atoms with Crippen LogP contribution in [0.2, 0.25) is 0 Å². The largest absolute Gasteiger partial charge is 0.349 e. The van der Waals surface area contributed by atoms with E-state index < -0.39 is 0 Å². The Morgan fingerprint density at radius 1 is 1.22 bits per heavy atom. The highest BCUT2D eigenvalue weighted by Gasteiger charge is 2.38. The quantitative estimate of drug-likeness (QED) is 0.779. The van der Waals surface area contributed by atoms with Crippen LogP contribution in [0.3, 0.4) is 0 Å². The van der Waals surface area contributed by atoms with Gasteiger partial charge in [-0.2, -0.15) is 0 Å². The van der Waals surface area contributed by atoms with Crippen molar-refractivity contribution in [2.75, 3.05) is 5.88 Å². The highest BCUT2D eigenvalue weighted by molar-refractivity contribution is 6.18. The summed E-state index contributed by atoms with van der Waals surface area (Å²) in [7, 11) is 0. The van der Waals surface area contributed by atoms with E-state index in [1.54, 1.807) is 0 Å². The highest BCUT2D eigenvalue weighted by atomic mass is 35.5. The zero-order chi connectivity index (χ0) is 13.2. The molecule has 0 aromatic rings. The Labute approximate surface area is 116 Å². The number of carbonyl (C=O) groups excluding carboxylic acids is 1. The van der Waals surface area contributed by atoms with Gasteiger partial charge in [-0.3, -0.25) is 4.79 Å². The van der Waals surface area contributed by atoms with Crippen LogP contribution >= 0.6 is 11.6 Å². The summed E-state index contributed by atoms with van der Waals surface area (Å²) in [6, 6.07) is 0. The number of rotatable bonds is 3. The molecule has 0 aromatic carbocycles. The van der Waals surface area contributed by atoms with Gasteiger partial charge >= 0.3 is 0 Å². The molecule has 0 saturated heterocycles. The predicted octanol–water partition coefficient (Wildman–Crippen LogP) is 3.73. The summed E-state index contributed by atoms with van der Waals surface area (Å²) in [5.41, 5.74) is -0.118. The van der Waals surface area contributed by atoms with Crippen molar-refractivity contribution in [3.05, 3.63) is 0 Å². The van der Waals surface area contributed by atoms with Crippen LogP contribution in [0.5, 0.6) is 0 Å². The number of hydrogen-bond acceptors (Lipinski definition) is 1. The molecule has 2 nitrogen and oxygen atoms in total. The minimum atomic E-state index is -0.118. The average Bonchev–Trinajstić information content (AvgIpc) is 2.79. The van der Waals surface area contributed by atoms with Crippen molar-refractivity contribution in [3.63, 3.8) is 0 Å². The van der Waals surface area contributed by atoms with Crippen LogP contribution in [0.15, 0.2) is 0 Å². The van der Waals surface area contributed by atoms with Gasteiger partial charge in [0.2, 0.25) is 5.91 Å². The number of carbonyl (C=O) groups is 1. The molecular formula is C15H26ClNO. The average molecular weight is 272 g/mol. The first-order valence-electron chi connectivity index (χ1n) is 7.44. The van der Waals surface area contributed by atoms with E-state index in [-0.39, 0.29) is 17.4 Å². The molecule has 3 heteroatoms. The summed E-state index contributed by atoms with van der Waals surface area (Å²) in [6.07, 6.45) is 7.92. The molecule has 0 bridgehead atoms. The number of alkyl halides is 1. The molecule has 2 unspecified atom stereocenters. The van der Waals surface area contributed by atoms with Crippen LogP contribution in [0.4, 0.5) is 0 Å². The maximum atomic E-state index is 12.4. The Morgan fingerprint density at radius 2 is 1.89 bits per heavy atom. The SMILES string of the molecule is CC1CCC(CCl)(NC(=O)C2CCCC2C)CC1. The standard InChI is InChI=1S/C15H26ClNO/c1-11-6-8-15(10-16,9-7-11)17-14(18)13-5-3-4-12(13)2/h11-13H,3-10H2,1-2H3,(H,17,18). The minimum absolute atomic E-state index is 0.118. The molecule has 0 aromatic heterocycles. The van der Waals surface area contributed by atoms with Crippen molar-refractivity contribution >= 4 is 17.5 Å². The van der Waals surface area contributed by atoms with Crippen molar-refractivity contribution in [1.82, 2.24) is 5.32 Å². The molecule has 104 valence electrons. The lowest BCUT2D eigenvalue weighted by Crippen LogP contribution is -2.54. The van der Waals surface area contributed by atoms with Gasteiger partial charge in [0.05, 0.1) is 5.54 Å². The van der Waals surface area contributed by atoms with Gasteiger partial charge in [-0.1, -0.05) is 20.3 Å². The first-order valence-corrected chi connectivity index (χ1v) is 7.98. The second-order valence-corrected chi connectivity index (χ2v) is 6.87. The topological polar surface area (TPSA) is 29.1 Å². The second-order valence-electron chi connectivity index (χ2n) is 6.60. The molecule has 2 fully saturated rings. The first-order chi connectivity index (χ1) is 8.56. The van der Waals surface area contributed by atoms with Gasteiger partial charge in [0.25, 0.3) is 0 Å². The van der Waals surface area contributed by atoms with E-state index in [1.807, 2.05) is 0 Å². The Balaban J connectivity index is 1.95. The molecule has 2 saturated carbocycles. The van der Waals surface area contributed by atoms with Crippen LogP contribution < -0.4 is 5.32 Å². The summed E-state index contributed by atoms with van der Waals surface area (Å²) in [4.78, 5) is 12.4. The Hall–Kier alpha value is -0.240. The smallest absolute Gasteiger partial charge is 0.223 e. The van der Waals surface area contributed by atoms with Crippen LogP contribution in [0, 0.1) is 17.8 Å². The fraction of sp³-hybridized carbons (Fsp3) is 0.933. The summed E-state index contributed by atoms with van der Waals surface area (Å²) >= 11 is 6.16. The predicted molar refractivity (Wildman–Crippen MR) is 75.7 cm³/mol. The fourth-order valence-corrected chi connectivity index (χ4v) is 3.83. The lowest BCUT2D eigenvalue weighted by molar-refractivity contribution is -0.128.